The Balaban J connectivity index is 1.99. The smallest absolute Gasteiger partial charge is 0.405 e. The van der Waals surface area contributed by atoms with Crippen LogP contribution in [0.2, 0.25) is 0 Å². The third-order valence-electron chi connectivity index (χ3n) is 4.83. The highest BCUT2D eigenvalue weighted by molar-refractivity contribution is 6.01. The molecule has 0 amide bonds. The number of nitro groups is 1. The molecule has 27 heavy (non-hydrogen) atoms. The molecule has 2 aromatic heterocycles. The van der Waals surface area contributed by atoms with Gasteiger partial charge in [0.2, 0.25) is 0 Å². The lowest BCUT2D eigenvalue weighted by molar-refractivity contribution is -0.402. The van der Waals surface area contributed by atoms with Crippen molar-refractivity contribution in [1.82, 2.24) is 9.97 Å². The number of carbonyl (C=O) groups is 1. The van der Waals surface area contributed by atoms with E-state index < -0.39 is 28.0 Å². The Morgan fingerprint density at radius 1 is 1.19 bits per heavy atom. The highest BCUT2D eigenvalue weighted by Crippen LogP contribution is 2.47. The van der Waals surface area contributed by atoms with Gasteiger partial charge in [0.15, 0.2) is 5.78 Å². The lowest BCUT2D eigenvalue weighted by Gasteiger charge is -2.37. The average Bonchev–Trinajstić information content (AvgIpc) is 3.01. The molecule has 10 nitrogen and oxygen atoms in total. The van der Waals surface area contributed by atoms with Crippen molar-refractivity contribution in [3.63, 3.8) is 0 Å². The van der Waals surface area contributed by atoms with E-state index in [0.717, 1.165) is 0 Å². The van der Waals surface area contributed by atoms with Gasteiger partial charge in [0.1, 0.15) is 16.5 Å². The van der Waals surface area contributed by atoms with E-state index in [4.69, 9.17) is 4.42 Å². The van der Waals surface area contributed by atoms with Crippen LogP contribution in [-0.2, 0) is 4.79 Å². The Labute approximate surface area is 151 Å². The third-order valence-corrected chi connectivity index (χ3v) is 4.83. The van der Waals surface area contributed by atoms with Gasteiger partial charge in [-0.25, -0.2) is 4.79 Å². The van der Waals surface area contributed by atoms with Crippen molar-refractivity contribution in [2.75, 3.05) is 5.32 Å². The van der Waals surface area contributed by atoms with E-state index in [1.807, 2.05) is 13.8 Å². The summed E-state index contributed by atoms with van der Waals surface area (Å²) in [4.78, 5) is 52.1. The van der Waals surface area contributed by atoms with Crippen molar-refractivity contribution < 1.29 is 14.1 Å². The number of anilines is 1. The highest BCUT2D eigenvalue weighted by atomic mass is 16.6. The van der Waals surface area contributed by atoms with Gasteiger partial charge in [-0.15, -0.1) is 0 Å². The first-order valence-corrected chi connectivity index (χ1v) is 8.30. The monoisotopic (exact) mass is 372 g/mol. The van der Waals surface area contributed by atoms with Crippen molar-refractivity contribution in [2.45, 2.75) is 32.6 Å². The maximum Gasteiger partial charge on any atom is 0.433 e. The number of rotatable bonds is 2. The van der Waals surface area contributed by atoms with Gasteiger partial charge in [0, 0.05) is 17.7 Å². The molecule has 0 aromatic carbocycles. The molecule has 0 saturated carbocycles. The van der Waals surface area contributed by atoms with Crippen LogP contribution in [0, 0.1) is 15.5 Å². The van der Waals surface area contributed by atoms with Gasteiger partial charge in [-0.3, -0.25) is 29.7 Å². The minimum absolute atomic E-state index is 0.0886. The Kier molecular flexibility index (Phi) is 3.48. The Hall–Kier alpha value is -3.43. The molecule has 1 atom stereocenters. The first kappa shape index (κ1) is 17.0. The number of nitrogens with zero attached hydrogens (tertiary/aromatic N) is 1. The van der Waals surface area contributed by atoms with Crippen molar-refractivity contribution in [2.24, 2.45) is 5.41 Å². The predicted molar refractivity (Wildman–Crippen MR) is 93.6 cm³/mol. The fraction of sp³-hybridized carbons (Fsp3) is 0.353. The number of aromatic amines is 2. The van der Waals surface area contributed by atoms with Gasteiger partial charge < -0.3 is 9.73 Å². The molecule has 0 spiro atoms. The number of hydrogen-bond donors (Lipinski definition) is 3. The van der Waals surface area contributed by atoms with Gasteiger partial charge in [-0.05, 0) is 17.9 Å². The number of allylic oxidation sites excluding steroid dienone is 2. The number of aromatic nitrogens is 2. The van der Waals surface area contributed by atoms with Crippen LogP contribution >= 0.6 is 0 Å². The van der Waals surface area contributed by atoms with Crippen molar-refractivity contribution in [3.8, 4) is 0 Å². The van der Waals surface area contributed by atoms with Gasteiger partial charge in [-0.1, -0.05) is 13.8 Å². The fourth-order valence-electron chi connectivity index (χ4n) is 3.83. The molecular weight excluding hydrogens is 356 g/mol. The van der Waals surface area contributed by atoms with Crippen LogP contribution in [0.5, 0.6) is 0 Å². The number of Topliss-reactive ketones (excluding diaryl/α,β-unsaturated/α-hetero) is 1. The quantitative estimate of drug-likeness (QED) is 0.536. The first-order chi connectivity index (χ1) is 12.7. The maximum absolute atomic E-state index is 12.9. The summed E-state index contributed by atoms with van der Waals surface area (Å²) in [5.74, 6) is -1.33. The van der Waals surface area contributed by atoms with Gasteiger partial charge in [0.25, 0.3) is 5.56 Å². The van der Waals surface area contributed by atoms with Crippen LogP contribution in [-0.4, -0.2) is 20.7 Å². The van der Waals surface area contributed by atoms with E-state index in [1.165, 1.54) is 12.1 Å². The van der Waals surface area contributed by atoms with Crippen LogP contribution in [0.3, 0.4) is 0 Å². The zero-order chi connectivity index (χ0) is 19.5. The fourth-order valence-corrected chi connectivity index (χ4v) is 3.83. The molecule has 0 unspecified atom stereocenters. The van der Waals surface area contributed by atoms with Crippen LogP contribution < -0.4 is 16.6 Å². The number of ketones is 1. The summed E-state index contributed by atoms with van der Waals surface area (Å²) in [7, 11) is 0. The first-order valence-electron chi connectivity index (χ1n) is 8.30. The summed E-state index contributed by atoms with van der Waals surface area (Å²) >= 11 is 0. The summed E-state index contributed by atoms with van der Waals surface area (Å²) in [6.07, 6.45) is 0.783. The molecule has 4 rings (SSSR count). The average molecular weight is 372 g/mol. The summed E-state index contributed by atoms with van der Waals surface area (Å²) in [6.45, 7) is 3.89. The second kappa shape index (κ2) is 5.53. The molecule has 1 aliphatic heterocycles. The summed E-state index contributed by atoms with van der Waals surface area (Å²) < 4.78 is 5.32. The summed E-state index contributed by atoms with van der Waals surface area (Å²) in [5.41, 5.74) is -0.680. The number of nitrogens with one attached hydrogen (secondary N) is 3. The van der Waals surface area contributed by atoms with Gasteiger partial charge >= 0.3 is 11.6 Å². The second-order valence-electron chi connectivity index (χ2n) is 7.52. The summed E-state index contributed by atoms with van der Waals surface area (Å²) in [5, 5.41) is 14.0. The molecule has 0 radical (unpaired) electrons. The predicted octanol–water partition coefficient (Wildman–Crippen LogP) is 1.77. The molecule has 10 heteroatoms. The van der Waals surface area contributed by atoms with E-state index in [9.17, 15) is 24.5 Å². The van der Waals surface area contributed by atoms with Crippen LogP contribution in [0.25, 0.3) is 0 Å². The largest absolute Gasteiger partial charge is 0.433 e. The third kappa shape index (κ3) is 2.69. The lowest BCUT2D eigenvalue weighted by Crippen LogP contribution is -2.38. The van der Waals surface area contributed by atoms with Crippen LogP contribution in [0.4, 0.5) is 11.7 Å². The standard InChI is InChI=1S/C17H16N4O6/c1-17(2)5-7-11(8(22)6-17)12(9-3-4-10(27-9)21(25)26)13-14(18-7)19-16(24)20-15(13)23/h3-4,12H,5-6H2,1-2H3,(H3,18,19,20,23,24)/t12-/m1/s1. The van der Waals surface area contributed by atoms with Crippen molar-refractivity contribution in [1.29, 1.82) is 0 Å². The Morgan fingerprint density at radius 2 is 1.93 bits per heavy atom. The molecule has 140 valence electrons. The lowest BCUT2D eigenvalue weighted by atomic mass is 9.70. The number of fused-ring (bicyclic) bond motifs is 1. The molecule has 0 fully saturated rings. The van der Waals surface area contributed by atoms with Crippen LogP contribution in [0.1, 0.15) is 43.9 Å². The van der Waals surface area contributed by atoms with Crippen molar-refractivity contribution >= 4 is 17.5 Å². The molecule has 0 saturated heterocycles. The molecule has 2 aromatic rings. The van der Waals surface area contributed by atoms with E-state index in [2.05, 4.69) is 15.3 Å². The van der Waals surface area contributed by atoms with Crippen molar-refractivity contribution in [3.05, 3.63) is 65.7 Å². The topological polar surface area (TPSA) is 151 Å². The number of carbonyl (C=O) groups excluding carboxylic acids is 1. The Bertz CT molecular complexity index is 1130. The zero-order valence-corrected chi connectivity index (χ0v) is 14.5. The summed E-state index contributed by atoms with van der Waals surface area (Å²) in [6, 6.07) is 2.55. The van der Waals surface area contributed by atoms with E-state index >= 15 is 0 Å². The minimum Gasteiger partial charge on any atom is -0.405 e. The molecule has 3 N–H and O–H groups in total. The molecule has 2 aliphatic rings. The maximum atomic E-state index is 12.9. The van der Waals surface area contributed by atoms with Crippen LogP contribution in [0.15, 0.2) is 37.4 Å². The molecular formula is C17H16N4O6. The molecule has 3 heterocycles. The van der Waals surface area contributed by atoms with Gasteiger partial charge in [-0.2, -0.15) is 0 Å². The zero-order valence-electron chi connectivity index (χ0n) is 14.5. The number of furan rings is 1. The second-order valence-corrected chi connectivity index (χ2v) is 7.52. The molecule has 0 bridgehead atoms. The molecule has 1 aliphatic carbocycles. The van der Waals surface area contributed by atoms with E-state index in [1.54, 1.807) is 0 Å². The number of H-pyrrole nitrogens is 2. The SMILES string of the molecule is CC1(C)CC(=O)C2=C(C1)Nc1[nH]c(=O)[nH]c(=O)c1[C@@H]2c1ccc([N+](=O)[O-])o1. The van der Waals surface area contributed by atoms with E-state index in [0.29, 0.717) is 17.7 Å². The van der Waals surface area contributed by atoms with E-state index in [-0.39, 0.29) is 34.8 Å². The highest BCUT2D eigenvalue weighted by Gasteiger charge is 2.43. The Morgan fingerprint density at radius 3 is 2.59 bits per heavy atom. The van der Waals surface area contributed by atoms with Gasteiger partial charge in [0.05, 0.1) is 17.5 Å². The normalized spacial score (nSPS) is 20.7. The minimum atomic E-state index is -0.936. The number of hydrogen-bond acceptors (Lipinski definition) is 7.